The number of Topliss-reactive ketones (excluding diaryl/α,β-unsaturated/α-hetero) is 1. The molecule has 62 valence electrons. The molecular weight excluding hydrogens is 138 g/mol. The maximum absolute atomic E-state index is 10.8. The van der Waals surface area contributed by atoms with Crippen molar-refractivity contribution in [2.75, 3.05) is 19.6 Å². The summed E-state index contributed by atoms with van der Waals surface area (Å²) in [6.45, 7) is 8.66. The van der Waals surface area contributed by atoms with Crippen molar-refractivity contribution in [1.29, 1.82) is 0 Å². The molecule has 0 aromatic carbocycles. The lowest BCUT2D eigenvalue weighted by atomic mass is 10.1. The van der Waals surface area contributed by atoms with E-state index in [2.05, 4.69) is 11.5 Å². The molecule has 1 aliphatic heterocycles. The second-order valence-corrected chi connectivity index (χ2v) is 3.27. The van der Waals surface area contributed by atoms with Crippen LogP contribution in [0.5, 0.6) is 0 Å². The summed E-state index contributed by atoms with van der Waals surface area (Å²) in [5.74, 6) is 0.406. The highest BCUT2D eigenvalue weighted by molar-refractivity contribution is 5.79. The molecule has 0 aromatic rings. The fraction of sp³-hybridized carbons (Fsp3) is 0.667. The first-order valence-corrected chi connectivity index (χ1v) is 4.07. The molecule has 0 unspecified atom stereocenters. The Kier molecular flexibility index (Phi) is 2.83. The van der Waals surface area contributed by atoms with Gasteiger partial charge in [0.05, 0.1) is 0 Å². The molecule has 0 saturated carbocycles. The summed E-state index contributed by atoms with van der Waals surface area (Å²) in [6, 6.07) is 0. The zero-order chi connectivity index (χ0) is 8.27. The number of carbonyl (C=O) groups is 1. The molecule has 0 atom stereocenters. The number of carbonyl (C=O) groups excluding carboxylic acids is 1. The Morgan fingerprint density at radius 2 is 2.09 bits per heavy atom. The van der Waals surface area contributed by atoms with Crippen LogP contribution in [0.1, 0.15) is 19.8 Å². The quantitative estimate of drug-likeness (QED) is 0.556. The lowest BCUT2D eigenvalue weighted by Gasteiger charge is -2.25. The standard InChI is InChI=1S/C9H15NO/c1-8(2)7-10-5-3-9(11)4-6-10/h1,3-7H2,2H3. The molecule has 11 heavy (non-hydrogen) atoms. The van der Waals surface area contributed by atoms with Crippen LogP contribution in [0.4, 0.5) is 0 Å². The Bertz CT molecular complexity index is 164. The molecule has 0 spiro atoms. The second-order valence-electron chi connectivity index (χ2n) is 3.27. The van der Waals surface area contributed by atoms with E-state index in [1.165, 1.54) is 5.57 Å². The number of piperidine rings is 1. The van der Waals surface area contributed by atoms with Crippen LogP contribution in [0.3, 0.4) is 0 Å². The molecule has 1 fully saturated rings. The summed E-state index contributed by atoms with van der Waals surface area (Å²) in [5.41, 5.74) is 1.18. The van der Waals surface area contributed by atoms with Crippen LogP contribution in [-0.2, 0) is 4.79 Å². The first-order chi connectivity index (χ1) is 5.18. The average molecular weight is 153 g/mol. The predicted octanol–water partition coefficient (Wildman–Crippen LogP) is 1.23. The largest absolute Gasteiger partial charge is 0.300 e. The number of hydrogen-bond donors (Lipinski definition) is 0. The minimum atomic E-state index is 0.406. The van der Waals surface area contributed by atoms with Gasteiger partial charge in [-0.25, -0.2) is 0 Å². The van der Waals surface area contributed by atoms with Gasteiger partial charge in [-0.2, -0.15) is 0 Å². The monoisotopic (exact) mass is 153 g/mol. The van der Waals surface area contributed by atoms with Crippen molar-refractivity contribution >= 4 is 5.78 Å². The van der Waals surface area contributed by atoms with Crippen molar-refractivity contribution in [3.05, 3.63) is 12.2 Å². The van der Waals surface area contributed by atoms with Gasteiger partial charge in [0.25, 0.3) is 0 Å². The summed E-state index contributed by atoms with van der Waals surface area (Å²) in [7, 11) is 0. The van der Waals surface area contributed by atoms with Gasteiger partial charge in [-0.3, -0.25) is 9.69 Å². The van der Waals surface area contributed by atoms with E-state index in [0.717, 1.165) is 32.5 Å². The van der Waals surface area contributed by atoms with Crippen molar-refractivity contribution in [3.63, 3.8) is 0 Å². The Labute approximate surface area is 67.9 Å². The highest BCUT2D eigenvalue weighted by Gasteiger charge is 2.14. The number of ketones is 1. The predicted molar refractivity (Wildman–Crippen MR) is 45.5 cm³/mol. The number of nitrogens with zero attached hydrogens (tertiary/aromatic N) is 1. The molecule has 1 heterocycles. The molecule has 2 heteroatoms. The third-order valence-electron chi connectivity index (χ3n) is 1.91. The fourth-order valence-electron chi connectivity index (χ4n) is 1.34. The Hall–Kier alpha value is -0.630. The molecule has 0 N–H and O–H groups in total. The Balaban J connectivity index is 2.28. The van der Waals surface area contributed by atoms with Gasteiger partial charge >= 0.3 is 0 Å². The van der Waals surface area contributed by atoms with E-state index < -0.39 is 0 Å². The van der Waals surface area contributed by atoms with Crippen LogP contribution >= 0.6 is 0 Å². The van der Waals surface area contributed by atoms with Crippen LogP contribution in [0.2, 0.25) is 0 Å². The molecule has 0 bridgehead atoms. The third kappa shape index (κ3) is 2.85. The molecule has 0 amide bonds. The summed E-state index contributed by atoms with van der Waals surface area (Å²) < 4.78 is 0. The highest BCUT2D eigenvalue weighted by Crippen LogP contribution is 2.06. The zero-order valence-corrected chi connectivity index (χ0v) is 7.10. The molecule has 0 aromatic heterocycles. The average Bonchev–Trinajstić information content (AvgIpc) is 1.93. The van der Waals surface area contributed by atoms with Crippen LogP contribution in [0.15, 0.2) is 12.2 Å². The second kappa shape index (κ2) is 3.67. The van der Waals surface area contributed by atoms with Crippen molar-refractivity contribution in [1.82, 2.24) is 4.90 Å². The van der Waals surface area contributed by atoms with Crippen LogP contribution < -0.4 is 0 Å². The number of rotatable bonds is 2. The molecular formula is C9H15NO. The zero-order valence-electron chi connectivity index (χ0n) is 7.10. The lowest BCUT2D eigenvalue weighted by molar-refractivity contribution is -0.121. The summed E-state index contributed by atoms with van der Waals surface area (Å²) in [4.78, 5) is 13.1. The topological polar surface area (TPSA) is 20.3 Å². The maximum atomic E-state index is 10.8. The van der Waals surface area contributed by atoms with Crippen LogP contribution in [0.25, 0.3) is 0 Å². The van der Waals surface area contributed by atoms with E-state index in [-0.39, 0.29) is 0 Å². The molecule has 1 rings (SSSR count). The van der Waals surface area contributed by atoms with Crippen LogP contribution in [0, 0.1) is 0 Å². The minimum Gasteiger partial charge on any atom is -0.300 e. The summed E-state index contributed by atoms with van der Waals surface area (Å²) in [5, 5.41) is 0. The number of hydrogen-bond acceptors (Lipinski definition) is 2. The first-order valence-electron chi connectivity index (χ1n) is 4.07. The van der Waals surface area contributed by atoms with Gasteiger partial charge in [-0.1, -0.05) is 12.2 Å². The smallest absolute Gasteiger partial charge is 0.135 e. The molecule has 1 saturated heterocycles. The first kappa shape index (κ1) is 8.47. The normalized spacial score (nSPS) is 20.3. The van der Waals surface area contributed by atoms with Crippen molar-refractivity contribution in [2.45, 2.75) is 19.8 Å². The Morgan fingerprint density at radius 3 is 2.55 bits per heavy atom. The molecule has 0 radical (unpaired) electrons. The summed E-state index contributed by atoms with van der Waals surface area (Å²) >= 11 is 0. The molecule has 2 nitrogen and oxygen atoms in total. The van der Waals surface area contributed by atoms with Crippen molar-refractivity contribution in [2.24, 2.45) is 0 Å². The molecule has 0 aliphatic carbocycles. The maximum Gasteiger partial charge on any atom is 0.135 e. The lowest BCUT2D eigenvalue weighted by Crippen LogP contribution is -2.34. The van der Waals surface area contributed by atoms with E-state index in [9.17, 15) is 4.79 Å². The van der Waals surface area contributed by atoms with Gasteiger partial charge in [0, 0.05) is 32.5 Å². The van der Waals surface area contributed by atoms with Crippen LogP contribution in [-0.4, -0.2) is 30.3 Å². The Morgan fingerprint density at radius 1 is 1.55 bits per heavy atom. The highest BCUT2D eigenvalue weighted by atomic mass is 16.1. The third-order valence-corrected chi connectivity index (χ3v) is 1.91. The summed E-state index contributed by atoms with van der Waals surface area (Å²) in [6.07, 6.45) is 1.46. The minimum absolute atomic E-state index is 0.406. The van der Waals surface area contributed by atoms with Gasteiger partial charge in [-0.05, 0) is 6.92 Å². The number of likely N-dealkylation sites (tertiary alicyclic amines) is 1. The van der Waals surface area contributed by atoms with E-state index in [4.69, 9.17) is 0 Å². The van der Waals surface area contributed by atoms with Crippen molar-refractivity contribution < 1.29 is 4.79 Å². The van der Waals surface area contributed by atoms with Gasteiger partial charge in [0.2, 0.25) is 0 Å². The van der Waals surface area contributed by atoms with Gasteiger partial charge in [-0.15, -0.1) is 0 Å². The molecule has 1 aliphatic rings. The van der Waals surface area contributed by atoms with E-state index >= 15 is 0 Å². The van der Waals surface area contributed by atoms with Crippen molar-refractivity contribution in [3.8, 4) is 0 Å². The fourth-order valence-corrected chi connectivity index (χ4v) is 1.34. The van der Waals surface area contributed by atoms with E-state index in [1.54, 1.807) is 0 Å². The van der Waals surface area contributed by atoms with Gasteiger partial charge < -0.3 is 0 Å². The SMILES string of the molecule is C=C(C)CN1CCC(=O)CC1. The van der Waals surface area contributed by atoms with Gasteiger partial charge in [0.15, 0.2) is 0 Å². The van der Waals surface area contributed by atoms with E-state index in [0.29, 0.717) is 5.78 Å². The van der Waals surface area contributed by atoms with Gasteiger partial charge in [0.1, 0.15) is 5.78 Å². The van der Waals surface area contributed by atoms with E-state index in [1.807, 2.05) is 6.92 Å².